The Hall–Kier alpha value is -2.37. The summed E-state index contributed by atoms with van der Waals surface area (Å²) in [5, 5.41) is 29.2. The van der Waals surface area contributed by atoms with E-state index >= 15 is 0 Å². The molecule has 0 aliphatic heterocycles. The summed E-state index contributed by atoms with van der Waals surface area (Å²) in [5.41, 5.74) is -3.89. The predicted molar refractivity (Wildman–Crippen MR) is 67.7 cm³/mol. The van der Waals surface area contributed by atoms with Crippen LogP contribution in [0.5, 0.6) is 0 Å². The van der Waals surface area contributed by atoms with E-state index in [9.17, 15) is 38.2 Å². The number of carboxylic acids is 1. The molecule has 120 valence electrons. The van der Waals surface area contributed by atoms with Gasteiger partial charge >= 0.3 is 12.1 Å². The lowest BCUT2D eigenvalue weighted by Crippen LogP contribution is -2.13. The molecule has 0 heterocycles. The Bertz CT molecular complexity index is 613. The molecular formula is C10H7F3N2O6S. The molecule has 22 heavy (non-hydrogen) atoms. The Morgan fingerprint density at radius 2 is 1.64 bits per heavy atom. The molecule has 0 amide bonds. The van der Waals surface area contributed by atoms with E-state index in [1.54, 1.807) is 0 Å². The molecule has 0 aliphatic rings. The summed E-state index contributed by atoms with van der Waals surface area (Å²) in [4.78, 5) is 29.3. The number of nitro groups is 2. The number of benzene rings is 1. The number of nitrogens with zero attached hydrogens (tertiary/aromatic N) is 2. The quantitative estimate of drug-likeness (QED) is 0.496. The van der Waals surface area contributed by atoms with Crippen molar-refractivity contribution < 1.29 is 32.9 Å². The maximum atomic E-state index is 12.7. The molecule has 0 unspecified atom stereocenters. The molecule has 12 heteroatoms. The normalized spacial score (nSPS) is 12.7. The monoisotopic (exact) mass is 340 g/mol. The van der Waals surface area contributed by atoms with Gasteiger partial charge in [-0.2, -0.15) is 13.2 Å². The first-order valence-corrected chi connectivity index (χ1v) is 6.26. The Morgan fingerprint density at radius 1 is 1.23 bits per heavy atom. The maximum Gasteiger partial charge on any atom is 0.416 e. The van der Waals surface area contributed by atoms with E-state index in [4.69, 9.17) is 5.11 Å². The smallest absolute Gasteiger partial charge is 0.416 e. The molecule has 1 atom stereocenters. The molecular weight excluding hydrogens is 333 g/mol. The molecule has 8 nitrogen and oxygen atoms in total. The fourth-order valence-corrected chi connectivity index (χ4v) is 2.34. The zero-order valence-electron chi connectivity index (χ0n) is 10.7. The summed E-state index contributed by atoms with van der Waals surface area (Å²) in [7, 11) is 0. The second-order valence-electron chi connectivity index (χ2n) is 3.95. The number of aliphatic carboxylic acids is 1. The maximum absolute atomic E-state index is 12.7. The zero-order chi connectivity index (χ0) is 17.2. The fourth-order valence-electron chi connectivity index (χ4n) is 1.38. The predicted octanol–water partition coefficient (Wildman–Crippen LogP) is 3.09. The van der Waals surface area contributed by atoms with Crippen molar-refractivity contribution in [3.8, 4) is 0 Å². The highest BCUT2D eigenvalue weighted by molar-refractivity contribution is 8.00. The van der Waals surface area contributed by atoms with Gasteiger partial charge in [-0.3, -0.25) is 25.0 Å². The van der Waals surface area contributed by atoms with Gasteiger partial charge in [-0.1, -0.05) is 11.8 Å². The van der Waals surface area contributed by atoms with E-state index < -0.39 is 49.1 Å². The number of alkyl halides is 3. The number of hydrogen-bond donors (Lipinski definition) is 1. The average Bonchev–Trinajstić information content (AvgIpc) is 2.36. The van der Waals surface area contributed by atoms with Crippen LogP contribution in [-0.2, 0) is 11.0 Å². The molecule has 1 N–H and O–H groups in total. The van der Waals surface area contributed by atoms with Crippen molar-refractivity contribution >= 4 is 29.1 Å². The van der Waals surface area contributed by atoms with Gasteiger partial charge in [-0.05, 0) is 6.92 Å². The highest BCUT2D eigenvalue weighted by Gasteiger charge is 2.38. The van der Waals surface area contributed by atoms with Crippen molar-refractivity contribution in [2.24, 2.45) is 0 Å². The molecule has 1 rings (SSSR count). The first-order valence-electron chi connectivity index (χ1n) is 5.38. The molecule has 0 bridgehead atoms. The molecule has 0 aromatic heterocycles. The number of carboxylic acid groups (broad SMARTS) is 1. The highest BCUT2D eigenvalue weighted by Crippen LogP contribution is 2.43. The van der Waals surface area contributed by atoms with Crippen LogP contribution >= 0.6 is 11.8 Å². The standard InChI is InChI=1S/C10H7F3N2O6S/c1-4(9(16)17)22-8-6(14(18)19)2-5(10(11,12)13)3-7(8)15(20)21/h2-4H,1H3,(H,16,17)/t4-/m1/s1. The molecule has 0 saturated carbocycles. The second-order valence-corrected chi connectivity index (χ2v) is 5.30. The lowest BCUT2D eigenvalue weighted by molar-refractivity contribution is -0.400. The van der Waals surface area contributed by atoms with Crippen molar-refractivity contribution in [3.63, 3.8) is 0 Å². The highest BCUT2D eigenvalue weighted by atomic mass is 32.2. The van der Waals surface area contributed by atoms with Crippen molar-refractivity contribution in [2.75, 3.05) is 0 Å². The van der Waals surface area contributed by atoms with E-state index in [0.717, 1.165) is 6.92 Å². The number of thioether (sulfide) groups is 1. The summed E-state index contributed by atoms with van der Waals surface area (Å²) >= 11 is 0.231. The Balaban J connectivity index is 3.61. The van der Waals surface area contributed by atoms with E-state index in [0.29, 0.717) is 0 Å². The second kappa shape index (κ2) is 6.17. The van der Waals surface area contributed by atoms with Gasteiger partial charge in [-0.25, -0.2) is 0 Å². The van der Waals surface area contributed by atoms with Crippen molar-refractivity contribution in [2.45, 2.75) is 23.2 Å². The lowest BCUT2D eigenvalue weighted by Gasteiger charge is -2.11. The minimum Gasteiger partial charge on any atom is -0.480 e. The van der Waals surface area contributed by atoms with E-state index in [1.807, 2.05) is 0 Å². The molecule has 0 spiro atoms. The Morgan fingerprint density at radius 3 is 1.91 bits per heavy atom. The van der Waals surface area contributed by atoms with Crippen LogP contribution < -0.4 is 0 Å². The summed E-state index contributed by atoms with van der Waals surface area (Å²) in [6, 6.07) is 0.286. The van der Waals surface area contributed by atoms with Crippen LogP contribution in [0.2, 0.25) is 0 Å². The minimum absolute atomic E-state index is 0.143. The molecule has 0 saturated heterocycles. The molecule has 1 aromatic rings. The third-order valence-corrected chi connectivity index (χ3v) is 3.62. The van der Waals surface area contributed by atoms with Gasteiger partial charge < -0.3 is 5.11 Å². The van der Waals surface area contributed by atoms with Crippen molar-refractivity contribution in [3.05, 3.63) is 37.9 Å². The van der Waals surface area contributed by atoms with E-state index in [1.165, 1.54) is 0 Å². The topological polar surface area (TPSA) is 124 Å². The van der Waals surface area contributed by atoms with E-state index in [2.05, 4.69) is 0 Å². The van der Waals surface area contributed by atoms with Gasteiger partial charge in [0, 0.05) is 12.1 Å². The van der Waals surface area contributed by atoms with Crippen LogP contribution in [0, 0.1) is 20.2 Å². The van der Waals surface area contributed by atoms with Crippen LogP contribution in [0.1, 0.15) is 12.5 Å². The third-order valence-electron chi connectivity index (χ3n) is 2.41. The first kappa shape index (κ1) is 17.7. The first-order chi connectivity index (χ1) is 9.95. The number of hydrogen-bond acceptors (Lipinski definition) is 6. The number of rotatable bonds is 5. The van der Waals surface area contributed by atoms with Gasteiger partial charge in [0.15, 0.2) is 4.90 Å². The van der Waals surface area contributed by atoms with Crippen molar-refractivity contribution in [1.82, 2.24) is 0 Å². The minimum atomic E-state index is -5.02. The number of nitro benzene ring substituents is 2. The Labute approximate surface area is 124 Å². The van der Waals surface area contributed by atoms with Gasteiger partial charge in [0.05, 0.1) is 15.4 Å². The molecule has 1 aromatic carbocycles. The van der Waals surface area contributed by atoms with Gasteiger partial charge in [0.2, 0.25) is 0 Å². The van der Waals surface area contributed by atoms with Crippen LogP contribution in [0.3, 0.4) is 0 Å². The summed E-state index contributed by atoms with van der Waals surface area (Å²) in [6.45, 7) is 1.10. The summed E-state index contributed by atoms with van der Waals surface area (Å²) < 4.78 is 38.0. The summed E-state index contributed by atoms with van der Waals surface area (Å²) in [5.74, 6) is -1.42. The third kappa shape index (κ3) is 3.84. The number of halogens is 3. The summed E-state index contributed by atoms with van der Waals surface area (Å²) in [6.07, 6.45) is -5.02. The average molecular weight is 340 g/mol. The molecule has 0 aliphatic carbocycles. The van der Waals surface area contributed by atoms with Crippen molar-refractivity contribution in [1.29, 1.82) is 0 Å². The van der Waals surface area contributed by atoms with Crippen LogP contribution in [0.25, 0.3) is 0 Å². The van der Waals surface area contributed by atoms with E-state index in [-0.39, 0.29) is 23.9 Å². The van der Waals surface area contributed by atoms with Gasteiger partial charge in [-0.15, -0.1) is 0 Å². The SMILES string of the molecule is C[C@@H](Sc1c([N+](=O)[O-])cc(C(F)(F)F)cc1[N+](=O)[O-])C(=O)O. The molecule has 0 radical (unpaired) electrons. The van der Waals surface area contributed by atoms with Gasteiger partial charge in [0.25, 0.3) is 11.4 Å². The van der Waals surface area contributed by atoms with Crippen LogP contribution in [0.4, 0.5) is 24.5 Å². The molecule has 0 fully saturated rings. The zero-order valence-corrected chi connectivity index (χ0v) is 11.5. The largest absolute Gasteiger partial charge is 0.480 e. The lowest BCUT2D eigenvalue weighted by atomic mass is 10.1. The Kier molecular flexibility index (Phi) is 4.96. The number of carbonyl (C=O) groups is 1. The van der Waals surface area contributed by atoms with Crippen LogP contribution in [-0.4, -0.2) is 26.2 Å². The fraction of sp³-hybridized carbons (Fsp3) is 0.300. The van der Waals surface area contributed by atoms with Gasteiger partial charge in [0.1, 0.15) is 5.25 Å². The van der Waals surface area contributed by atoms with Crippen LogP contribution in [0.15, 0.2) is 17.0 Å².